The Labute approximate surface area is 127 Å². The second-order valence-corrected chi connectivity index (χ2v) is 5.67. The maximum Gasteiger partial charge on any atom is 0.254 e. The summed E-state index contributed by atoms with van der Waals surface area (Å²) in [5.41, 5.74) is 0.710. The fraction of sp³-hybridized carbons (Fsp3) is 0.500. The summed E-state index contributed by atoms with van der Waals surface area (Å²) in [6.45, 7) is 6.49. The summed E-state index contributed by atoms with van der Waals surface area (Å²) in [6, 6.07) is 5.58. The zero-order valence-corrected chi connectivity index (χ0v) is 13.3. The second-order valence-electron chi connectivity index (χ2n) is 4.51. The van der Waals surface area contributed by atoms with E-state index in [2.05, 4.69) is 22.6 Å². The third-order valence-electron chi connectivity index (χ3n) is 3.01. The maximum absolute atomic E-state index is 12.4. The van der Waals surface area contributed by atoms with E-state index in [0.717, 1.165) is 9.32 Å². The molecule has 0 aromatic heterocycles. The van der Waals surface area contributed by atoms with Crippen LogP contribution in [0.3, 0.4) is 0 Å². The molecule has 5 heteroatoms. The van der Waals surface area contributed by atoms with Gasteiger partial charge in [-0.1, -0.05) is 0 Å². The molecule has 1 amide bonds. The van der Waals surface area contributed by atoms with Gasteiger partial charge in [0.15, 0.2) is 0 Å². The lowest BCUT2D eigenvalue weighted by Crippen LogP contribution is -2.44. The fourth-order valence-corrected chi connectivity index (χ4v) is 2.76. The number of carbonyl (C=O) groups is 1. The standard InChI is InChI=1S/C14H18INO3/c1-3-18-13-5-4-11(8-12(13)15)14(17)16-6-7-19-10(2)9-16/h4-5,8,10H,3,6-7,9H2,1-2H3/t10-/m0/s1. The first-order valence-corrected chi connectivity index (χ1v) is 7.53. The molecule has 0 saturated carbocycles. The van der Waals surface area contributed by atoms with Crippen LogP contribution in [0.5, 0.6) is 5.75 Å². The SMILES string of the molecule is CCOc1ccc(C(=O)N2CCO[C@@H](C)C2)cc1I. The molecule has 0 N–H and O–H groups in total. The summed E-state index contributed by atoms with van der Waals surface area (Å²) < 4.78 is 11.9. The van der Waals surface area contributed by atoms with Crippen LogP contribution in [0.25, 0.3) is 0 Å². The molecule has 0 radical (unpaired) electrons. The topological polar surface area (TPSA) is 38.8 Å². The third kappa shape index (κ3) is 3.60. The average Bonchev–Trinajstić information content (AvgIpc) is 2.40. The van der Waals surface area contributed by atoms with Gasteiger partial charge in [0.05, 0.1) is 22.9 Å². The van der Waals surface area contributed by atoms with Crippen LogP contribution < -0.4 is 4.74 Å². The van der Waals surface area contributed by atoms with Crippen LogP contribution in [0.2, 0.25) is 0 Å². The summed E-state index contributed by atoms with van der Waals surface area (Å²) in [5, 5.41) is 0. The Balaban J connectivity index is 2.12. The van der Waals surface area contributed by atoms with Crippen LogP contribution in [-0.4, -0.2) is 43.2 Å². The lowest BCUT2D eigenvalue weighted by atomic mass is 10.1. The first-order chi connectivity index (χ1) is 9.11. The third-order valence-corrected chi connectivity index (χ3v) is 3.85. The lowest BCUT2D eigenvalue weighted by Gasteiger charge is -2.31. The molecule has 1 atom stereocenters. The molecule has 1 aliphatic heterocycles. The van der Waals surface area contributed by atoms with Crippen LogP contribution >= 0.6 is 22.6 Å². The Morgan fingerprint density at radius 1 is 1.58 bits per heavy atom. The monoisotopic (exact) mass is 375 g/mol. The van der Waals surface area contributed by atoms with Crippen molar-refractivity contribution in [3.05, 3.63) is 27.3 Å². The first-order valence-electron chi connectivity index (χ1n) is 6.45. The maximum atomic E-state index is 12.4. The molecule has 0 aliphatic carbocycles. The van der Waals surface area contributed by atoms with Crippen LogP contribution in [-0.2, 0) is 4.74 Å². The van der Waals surface area contributed by atoms with Crippen molar-refractivity contribution >= 4 is 28.5 Å². The van der Waals surface area contributed by atoms with Gasteiger partial charge in [-0.25, -0.2) is 0 Å². The van der Waals surface area contributed by atoms with Gasteiger partial charge in [0.1, 0.15) is 5.75 Å². The molecule has 1 fully saturated rings. The van der Waals surface area contributed by atoms with Crippen LogP contribution in [0.15, 0.2) is 18.2 Å². The van der Waals surface area contributed by atoms with Gasteiger partial charge in [-0.05, 0) is 54.6 Å². The molecule has 1 aromatic rings. The number of nitrogens with zero attached hydrogens (tertiary/aromatic N) is 1. The quantitative estimate of drug-likeness (QED) is 0.763. The van der Waals surface area contributed by atoms with Crippen molar-refractivity contribution in [2.75, 3.05) is 26.3 Å². The molecule has 2 rings (SSSR count). The zero-order chi connectivity index (χ0) is 13.8. The van der Waals surface area contributed by atoms with E-state index in [0.29, 0.717) is 31.9 Å². The number of rotatable bonds is 3. The normalized spacial score (nSPS) is 19.3. The van der Waals surface area contributed by atoms with E-state index in [1.807, 2.05) is 36.9 Å². The highest BCUT2D eigenvalue weighted by Crippen LogP contribution is 2.23. The Morgan fingerprint density at radius 2 is 2.37 bits per heavy atom. The van der Waals surface area contributed by atoms with Crippen molar-refractivity contribution < 1.29 is 14.3 Å². The van der Waals surface area contributed by atoms with E-state index in [4.69, 9.17) is 9.47 Å². The fourth-order valence-electron chi connectivity index (χ4n) is 2.09. The summed E-state index contributed by atoms with van der Waals surface area (Å²) in [4.78, 5) is 14.2. The van der Waals surface area contributed by atoms with Gasteiger partial charge in [0.25, 0.3) is 5.91 Å². The number of hydrogen-bond donors (Lipinski definition) is 0. The number of benzene rings is 1. The Kier molecular flexibility index (Phi) is 5.04. The molecule has 1 saturated heterocycles. The summed E-state index contributed by atoms with van der Waals surface area (Å²) in [5.74, 6) is 0.895. The smallest absolute Gasteiger partial charge is 0.254 e. The highest BCUT2D eigenvalue weighted by molar-refractivity contribution is 14.1. The van der Waals surface area contributed by atoms with Gasteiger partial charge in [0, 0.05) is 18.7 Å². The van der Waals surface area contributed by atoms with Crippen molar-refractivity contribution in [3.8, 4) is 5.75 Å². The minimum atomic E-state index is 0.0658. The van der Waals surface area contributed by atoms with E-state index in [1.165, 1.54) is 0 Å². The Bertz CT molecular complexity index is 464. The van der Waals surface area contributed by atoms with Crippen molar-refractivity contribution in [3.63, 3.8) is 0 Å². The molecule has 1 aromatic carbocycles. The number of halogens is 1. The van der Waals surface area contributed by atoms with E-state index in [9.17, 15) is 4.79 Å². The predicted octanol–water partition coefficient (Wildman–Crippen LogP) is 2.55. The van der Waals surface area contributed by atoms with Crippen molar-refractivity contribution in [1.82, 2.24) is 4.90 Å². The lowest BCUT2D eigenvalue weighted by molar-refractivity contribution is -0.0124. The van der Waals surface area contributed by atoms with E-state index in [-0.39, 0.29) is 12.0 Å². The zero-order valence-electron chi connectivity index (χ0n) is 11.2. The van der Waals surface area contributed by atoms with Crippen LogP contribution in [0.4, 0.5) is 0 Å². The van der Waals surface area contributed by atoms with E-state index >= 15 is 0 Å². The predicted molar refractivity (Wildman–Crippen MR) is 81.6 cm³/mol. The summed E-state index contributed by atoms with van der Waals surface area (Å²) in [6.07, 6.45) is 0.111. The van der Waals surface area contributed by atoms with Crippen LogP contribution in [0, 0.1) is 3.57 Å². The van der Waals surface area contributed by atoms with Crippen LogP contribution in [0.1, 0.15) is 24.2 Å². The first kappa shape index (κ1) is 14.6. The minimum absolute atomic E-state index is 0.0658. The second kappa shape index (κ2) is 6.56. The Morgan fingerprint density at radius 3 is 3.00 bits per heavy atom. The molecule has 4 nitrogen and oxygen atoms in total. The number of hydrogen-bond acceptors (Lipinski definition) is 3. The van der Waals surface area contributed by atoms with Gasteiger partial charge >= 0.3 is 0 Å². The van der Waals surface area contributed by atoms with Gasteiger partial charge in [-0.2, -0.15) is 0 Å². The number of amides is 1. The van der Waals surface area contributed by atoms with Gasteiger partial charge in [0.2, 0.25) is 0 Å². The molecule has 0 bridgehead atoms. The highest BCUT2D eigenvalue weighted by atomic mass is 127. The van der Waals surface area contributed by atoms with Gasteiger partial charge < -0.3 is 14.4 Å². The average molecular weight is 375 g/mol. The number of ether oxygens (including phenoxy) is 2. The molecule has 104 valence electrons. The molecule has 0 unspecified atom stereocenters. The largest absolute Gasteiger partial charge is 0.493 e. The van der Waals surface area contributed by atoms with Crippen molar-refractivity contribution in [2.24, 2.45) is 0 Å². The molecular formula is C14H18INO3. The van der Waals surface area contributed by atoms with E-state index in [1.54, 1.807) is 0 Å². The van der Waals surface area contributed by atoms with Gasteiger partial charge in [-0.15, -0.1) is 0 Å². The van der Waals surface area contributed by atoms with Gasteiger partial charge in [-0.3, -0.25) is 4.79 Å². The number of morpholine rings is 1. The minimum Gasteiger partial charge on any atom is -0.493 e. The molecule has 1 aliphatic rings. The highest BCUT2D eigenvalue weighted by Gasteiger charge is 2.22. The summed E-state index contributed by atoms with van der Waals surface area (Å²) in [7, 11) is 0. The molecule has 0 spiro atoms. The molecule has 1 heterocycles. The Hall–Kier alpha value is -0.820. The molecule has 19 heavy (non-hydrogen) atoms. The number of carbonyl (C=O) groups excluding carboxylic acids is 1. The summed E-state index contributed by atoms with van der Waals surface area (Å²) >= 11 is 2.20. The molecular weight excluding hydrogens is 357 g/mol. The van der Waals surface area contributed by atoms with E-state index < -0.39 is 0 Å². The van der Waals surface area contributed by atoms with Crippen molar-refractivity contribution in [1.29, 1.82) is 0 Å². The van der Waals surface area contributed by atoms with Crippen molar-refractivity contribution in [2.45, 2.75) is 20.0 Å².